The van der Waals surface area contributed by atoms with Crippen LogP contribution in [0, 0.1) is 0 Å². The summed E-state index contributed by atoms with van der Waals surface area (Å²) < 4.78 is 55.4. The van der Waals surface area contributed by atoms with E-state index < -0.39 is 15.1 Å². The van der Waals surface area contributed by atoms with Crippen LogP contribution in [0.2, 0.25) is 0 Å². The van der Waals surface area contributed by atoms with E-state index in [0.29, 0.717) is 83.6 Å². The molecule has 1 aromatic carbocycles. The molecule has 0 aliphatic rings. The highest BCUT2D eigenvalue weighted by atomic mass is 32.2. The average Bonchev–Trinajstić information content (AvgIpc) is 3.36. The zero-order chi connectivity index (χ0) is 26.9. The van der Waals surface area contributed by atoms with Crippen molar-refractivity contribution in [1.29, 1.82) is 0 Å². The molecule has 0 radical (unpaired) electrons. The van der Waals surface area contributed by atoms with Gasteiger partial charge < -0.3 is 33.4 Å². The predicted octanol–water partition coefficient (Wildman–Crippen LogP) is 1.89. The van der Waals surface area contributed by atoms with Crippen LogP contribution in [0.25, 0.3) is 11.5 Å². The Hall–Kier alpha value is -2.58. The van der Waals surface area contributed by atoms with Crippen LogP contribution in [0.3, 0.4) is 0 Å². The topological polar surface area (TPSA) is 148 Å². The molecule has 1 aromatic heterocycles. The number of nitrogens with one attached hydrogen (secondary N) is 1. The summed E-state index contributed by atoms with van der Waals surface area (Å²) in [5, 5.41) is 9.67. The number of hydrogen-bond donors (Lipinski definition) is 1. The summed E-state index contributed by atoms with van der Waals surface area (Å²) in [4.78, 5) is 11.7. The summed E-state index contributed by atoms with van der Waals surface area (Å²) in [5.41, 5.74) is 0.583. The van der Waals surface area contributed by atoms with Crippen molar-refractivity contribution < 1.29 is 41.3 Å². The first-order valence-corrected chi connectivity index (χ1v) is 14.0. The van der Waals surface area contributed by atoms with Crippen molar-refractivity contribution in [3.63, 3.8) is 0 Å². The summed E-state index contributed by atoms with van der Waals surface area (Å²) in [6.45, 7) is 7.93. The maximum absolute atomic E-state index is 11.7. The number of carbonyl (C=O) groups excluding carboxylic acids is 1. The minimum absolute atomic E-state index is 0.000823. The highest BCUT2D eigenvalue weighted by Crippen LogP contribution is 2.22. The summed E-state index contributed by atoms with van der Waals surface area (Å²) in [6, 6.07) is 6.84. The first kappa shape index (κ1) is 30.6. The molecule has 0 unspecified atom stereocenters. The molecule has 0 saturated heterocycles. The Kier molecular flexibility index (Phi) is 14.1. The second-order valence-corrected chi connectivity index (χ2v) is 10.1. The maximum Gasteiger partial charge on any atom is 0.335 e. The molecule has 12 nitrogen and oxygen atoms in total. The van der Waals surface area contributed by atoms with E-state index >= 15 is 0 Å². The Morgan fingerprint density at radius 1 is 0.919 bits per heavy atom. The fourth-order valence-corrected chi connectivity index (χ4v) is 3.25. The first-order valence-electron chi connectivity index (χ1n) is 12.1. The molecule has 0 aliphatic carbocycles. The van der Waals surface area contributed by atoms with Crippen molar-refractivity contribution >= 4 is 15.7 Å². The summed E-state index contributed by atoms with van der Waals surface area (Å²) in [5.74, 6) is 0.741. The largest absolute Gasteiger partial charge is 0.491 e. The molecular weight excluding hydrogens is 506 g/mol. The van der Waals surface area contributed by atoms with Gasteiger partial charge >= 0.3 is 5.22 Å². The van der Waals surface area contributed by atoms with Crippen LogP contribution in [0.15, 0.2) is 33.9 Å². The Balaban J connectivity index is 1.41. The third-order valence-electron chi connectivity index (χ3n) is 4.63. The molecular formula is C24H37N3O9S. The van der Waals surface area contributed by atoms with E-state index in [9.17, 15) is 13.2 Å². The number of aromatic nitrogens is 2. The lowest BCUT2D eigenvalue weighted by Crippen LogP contribution is -2.27. The molecule has 0 saturated carbocycles. The molecule has 0 spiro atoms. The van der Waals surface area contributed by atoms with Gasteiger partial charge in [0.05, 0.1) is 45.7 Å². The van der Waals surface area contributed by atoms with Crippen LogP contribution in [-0.4, -0.2) is 96.3 Å². The number of benzene rings is 1. The van der Waals surface area contributed by atoms with E-state index in [1.807, 2.05) is 13.8 Å². The first-order chi connectivity index (χ1) is 17.8. The number of hydrogen-bond acceptors (Lipinski definition) is 11. The van der Waals surface area contributed by atoms with Crippen molar-refractivity contribution in [2.75, 3.05) is 65.7 Å². The zero-order valence-corrected chi connectivity index (χ0v) is 22.5. The molecule has 0 fully saturated rings. The lowest BCUT2D eigenvalue weighted by atomic mass is 10.2. The standard InChI is InChI=1S/C24H37N3O9S/c1-19(2)34-11-4-5-22(28)25-10-12-31-13-14-32-15-16-33-17-18-35-21-8-6-20(7-9-21)23-26-27-24(36-23)37(3,29)30/h6-9,19H,4-5,10-18H2,1-3H3,(H,25,28). The van der Waals surface area contributed by atoms with Gasteiger partial charge in [-0.2, -0.15) is 0 Å². The molecule has 37 heavy (non-hydrogen) atoms. The van der Waals surface area contributed by atoms with Gasteiger partial charge in [-0.15, -0.1) is 5.10 Å². The second kappa shape index (κ2) is 17.0. The minimum atomic E-state index is -3.55. The van der Waals surface area contributed by atoms with Crippen molar-refractivity contribution in [3.05, 3.63) is 24.3 Å². The smallest absolute Gasteiger partial charge is 0.335 e. The van der Waals surface area contributed by atoms with Crippen molar-refractivity contribution in [2.45, 2.75) is 38.0 Å². The lowest BCUT2D eigenvalue weighted by molar-refractivity contribution is -0.121. The van der Waals surface area contributed by atoms with Crippen molar-refractivity contribution in [2.24, 2.45) is 0 Å². The number of amides is 1. The van der Waals surface area contributed by atoms with Gasteiger partial charge in [0.25, 0.3) is 0 Å². The van der Waals surface area contributed by atoms with Crippen LogP contribution in [0.5, 0.6) is 5.75 Å². The molecule has 1 heterocycles. The van der Waals surface area contributed by atoms with E-state index in [4.69, 9.17) is 28.1 Å². The van der Waals surface area contributed by atoms with E-state index in [0.717, 1.165) is 6.26 Å². The number of carbonyl (C=O) groups is 1. The van der Waals surface area contributed by atoms with Gasteiger partial charge in [0.2, 0.25) is 21.6 Å². The Morgan fingerprint density at radius 2 is 1.54 bits per heavy atom. The Morgan fingerprint density at radius 3 is 2.14 bits per heavy atom. The van der Waals surface area contributed by atoms with Crippen LogP contribution < -0.4 is 10.1 Å². The molecule has 2 aromatic rings. The molecule has 208 valence electrons. The zero-order valence-electron chi connectivity index (χ0n) is 21.6. The number of ether oxygens (including phenoxy) is 5. The Labute approximate surface area is 217 Å². The third kappa shape index (κ3) is 13.5. The molecule has 2 rings (SSSR count). The van der Waals surface area contributed by atoms with E-state index in [2.05, 4.69) is 15.5 Å². The van der Waals surface area contributed by atoms with Crippen LogP contribution in [0.4, 0.5) is 0 Å². The van der Waals surface area contributed by atoms with Crippen LogP contribution in [0.1, 0.15) is 26.7 Å². The quantitative estimate of drug-likeness (QED) is 0.244. The number of nitrogens with zero attached hydrogens (tertiary/aromatic N) is 2. The normalized spacial score (nSPS) is 11.7. The molecule has 0 aliphatic heterocycles. The van der Waals surface area contributed by atoms with Gasteiger partial charge in [-0.1, -0.05) is 5.10 Å². The van der Waals surface area contributed by atoms with Crippen LogP contribution >= 0.6 is 0 Å². The predicted molar refractivity (Wildman–Crippen MR) is 134 cm³/mol. The van der Waals surface area contributed by atoms with Gasteiger partial charge in [-0.25, -0.2) is 8.42 Å². The van der Waals surface area contributed by atoms with Crippen molar-refractivity contribution in [1.82, 2.24) is 15.5 Å². The van der Waals surface area contributed by atoms with Gasteiger partial charge in [0, 0.05) is 31.4 Å². The number of rotatable bonds is 20. The average molecular weight is 544 g/mol. The highest BCUT2D eigenvalue weighted by molar-refractivity contribution is 7.90. The van der Waals surface area contributed by atoms with Gasteiger partial charge in [0.1, 0.15) is 12.4 Å². The summed E-state index contributed by atoms with van der Waals surface area (Å²) in [7, 11) is -3.55. The SMILES string of the molecule is CC(C)OCCCC(=O)NCCOCCOCCOCCOc1ccc(-c2nnc(S(C)(=O)=O)o2)cc1. The highest BCUT2D eigenvalue weighted by Gasteiger charge is 2.17. The summed E-state index contributed by atoms with van der Waals surface area (Å²) in [6.07, 6.45) is 2.34. The van der Waals surface area contributed by atoms with Gasteiger partial charge in [-0.05, 0) is 44.5 Å². The molecule has 1 N–H and O–H groups in total. The van der Waals surface area contributed by atoms with Gasteiger partial charge in [-0.3, -0.25) is 4.79 Å². The minimum Gasteiger partial charge on any atom is -0.491 e. The maximum atomic E-state index is 11.7. The van der Waals surface area contributed by atoms with E-state index in [-0.39, 0.29) is 17.9 Å². The lowest BCUT2D eigenvalue weighted by Gasteiger charge is -2.09. The Bertz CT molecular complexity index is 1010. The molecule has 0 atom stereocenters. The number of sulfone groups is 1. The monoisotopic (exact) mass is 543 g/mol. The van der Waals surface area contributed by atoms with Crippen LogP contribution in [-0.2, 0) is 33.6 Å². The van der Waals surface area contributed by atoms with E-state index in [1.54, 1.807) is 24.3 Å². The summed E-state index contributed by atoms with van der Waals surface area (Å²) >= 11 is 0. The van der Waals surface area contributed by atoms with E-state index in [1.165, 1.54) is 0 Å². The molecule has 0 bridgehead atoms. The third-order valence-corrected chi connectivity index (χ3v) is 5.43. The molecule has 1 amide bonds. The fourth-order valence-electron chi connectivity index (χ4n) is 2.83. The molecule has 13 heteroatoms. The van der Waals surface area contributed by atoms with Crippen molar-refractivity contribution in [3.8, 4) is 17.2 Å². The second-order valence-electron chi connectivity index (χ2n) is 8.23. The fraction of sp³-hybridized carbons (Fsp3) is 0.625. The van der Waals surface area contributed by atoms with Gasteiger partial charge in [0.15, 0.2) is 0 Å².